The predicted octanol–water partition coefficient (Wildman–Crippen LogP) is 6.33. The Hall–Kier alpha value is -1.44. The van der Waals surface area contributed by atoms with E-state index in [-0.39, 0.29) is 28.6 Å². The van der Waals surface area contributed by atoms with Crippen LogP contribution in [0.15, 0.2) is 48.5 Å². The fourth-order valence-corrected chi connectivity index (χ4v) is 2.57. The van der Waals surface area contributed by atoms with Crippen molar-refractivity contribution in [2.75, 3.05) is 0 Å². The maximum Gasteiger partial charge on any atom is 0.122 e. The van der Waals surface area contributed by atoms with Crippen LogP contribution in [0.5, 0.6) is 0 Å². The Kier molecular flexibility index (Phi) is 14.0. The molecule has 3 heteroatoms. The minimum absolute atomic E-state index is 0. The summed E-state index contributed by atoms with van der Waals surface area (Å²) in [5, 5.41) is 0. The van der Waals surface area contributed by atoms with Crippen LogP contribution in [0.3, 0.4) is 0 Å². The van der Waals surface area contributed by atoms with Crippen LogP contribution in [0, 0.1) is 0 Å². The Labute approximate surface area is 163 Å². The minimum atomic E-state index is 0. The molecule has 2 aromatic carbocycles. The molecule has 25 heavy (non-hydrogen) atoms. The van der Waals surface area contributed by atoms with Gasteiger partial charge in [-0.3, -0.25) is 0 Å². The molecule has 0 aliphatic carbocycles. The fraction of sp³-hybridized carbons (Fsp3) is 0.455. The van der Waals surface area contributed by atoms with E-state index in [1.807, 2.05) is 36.4 Å². The topological polar surface area (TPSA) is 34.1 Å². The average Bonchev–Trinajstić information content (AvgIpc) is 3.29. The van der Waals surface area contributed by atoms with Crippen LogP contribution in [0.25, 0.3) is 0 Å². The van der Waals surface area contributed by atoms with E-state index in [1.54, 1.807) is 12.1 Å². The molecular formula is C22H30FeO2-6. The second kappa shape index (κ2) is 14.9. The second-order valence-corrected chi connectivity index (χ2v) is 6.08. The van der Waals surface area contributed by atoms with Gasteiger partial charge in [-0.2, -0.15) is 12.1 Å². The van der Waals surface area contributed by atoms with Gasteiger partial charge in [0.2, 0.25) is 0 Å². The van der Waals surface area contributed by atoms with E-state index in [9.17, 15) is 9.59 Å². The van der Waals surface area contributed by atoms with Crippen molar-refractivity contribution in [1.82, 2.24) is 0 Å². The molecule has 0 atom stereocenters. The molecular weight excluding hydrogens is 352 g/mol. The monoisotopic (exact) mass is 382 g/mol. The van der Waals surface area contributed by atoms with Crippen LogP contribution in [0.1, 0.15) is 85.9 Å². The molecule has 0 saturated carbocycles. The number of carbonyl (C=O) groups is 2. The van der Waals surface area contributed by atoms with Crippen molar-refractivity contribution in [3.05, 3.63) is 59.7 Å². The molecule has 2 aromatic rings. The summed E-state index contributed by atoms with van der Waals surface area (Å²) in [6, 6.07) is 15.4. The van der Waals surface area contributed by atoms with Crippen molar-refractivity contribution in [3.63, 3.8) is 0 Å². The molecule has 0 spiro atoms. The summed E-state index contributed by atoms with van der Waals surface area (Å²) < 4.78 is 0. The number of unbranched alkanes of at least 4 members (excludes halogenated alkanes) is 4. The first-order valence-corrected chi connectivity index (χ1v) is 9.19. The van der Waals surface area contributed by atoms with E-state index in [2.05, 4.69) is 13.8 Å². The zero-order chi connectivity index (χ0) is 17.6. The van der Waals surface area contributed by atoms with Gasteiger partial charge in [0, 0.05) is 23.5 Å². The first kappa shape index (κ1) is 23.6. The first-order valence-electron chi connectivity index (χ1n) is 9.19. The molecule has 2 nitrogen and oxygen atoms in total. The van der Waals surface area contributed by atoms with Gasteiger partial charge in [0.15, 0.2) is 0 Å². The Morgan fingerprint density at radius 1 is 0.880 bits per heavy atom. The largest absolute Gasteiger partial charge is 0.748 e. The predicted molar refractivity (Wildman–Crippen MR) is 101 cm³/mol. The van der Waals surface area contributed by atoms with E-state index in [1.165, 1.54) is 0 Å². The van der Waals surface area contributed by atoms with Crippen molar-refractivity contribution in [2.45, 2.75) is 65.2 Å². The number of Topliss-reactive ketones (excluding diaryl/α,β-unsaturated/α-hetero) is 2. The van der Waals surface area contributed by atoms with Gasteiger partial charge >= 0.3 is 0 Å². The molecule has 0 bridgehead atoms. The summed E-state index contributed by atoms with van der Waals surface area (Å²) in [5.74, 6) is 0.245. The number of hydrogen-bond acceptors (Lipinski definition) is 2. The maximum atomic E-state index is 12.1. The standard InChI is InChI=1S/C17H25O2.C5H5.Fe/c1-3-5-7-12-16(18)14-10-9-11-15(14)17(19)13-8-6-4-2;1-2-4-5-3-1;/h9-11H,3-8,12-13H2,1-2H3;1-5H;/q-1;-5;. The van der Waals surface area contributed by atoms with Gasteiger partial charge in [-0.05, 0) is 12.8 Å². The smallest absolute Gasteiger partial charge is 0.122 e. The molecule has 0 aliphatic heterocycles. The third-order valence-corrected chi connectivity index (χ3v) is 3.99. The Balaban J connectivity index is 0.000000820. The molecule has 0 aliphatic rings. The number of hydrogen-bond donors (Lipinski definition) is 0. The molecule has 144 valence electrons. The van der Waals surface area contributed by atoms with E-state index < -0.39 is 0 Å². The van der Waals surface area contributed by atoms with E-state index in [0.29, 0.717) is 24.0 Å². The molecule has 0 aromatic heterocycles. The molecule has 0 heterocycles. The minimum Gasteiger partial charge on any atom is -0.748 e. The van der Waals surface area contributed by atoms with E-state index in [4.69, 9.17) is 0 Å². The van der Waals surface area contributed by atoms with Crippen LogP contribution in [0.4, 0.5) is 0 Å². The molecule has 0 saturated heterocycles. The molecule has 0 amide bonds. The van der Waals surface area contributed by atoms with Gasteiger partial charge in [0.1, 0.15) is 5.78 Å². The molecule has 0 fully saturated rings. The quantitative estimate of drug-likeness (QED) is 0.208. The average molecular weight is 382 g/mol. The summed E-state index contributed by atoms with van der Waals surface area (Å²) in [7, 11) is 0. The second-order valence-electron chi connectivity index (χ2n) is 6.08. The normalized spacial score (nSPS) is 9.68. The van der Waals surface area contributed by atoms with E-state index >= 15 is 0 Å². The molecule has 0 N–H and O–H groups in total. The van der Waals surface area contributed by atoms with Gasteiger partial charge in [-0.25, -0.2) is 0 Å². The number of rotatable bonds is 10. The Bertz CT molecular complexity index is 513. The third kappa shape index (κ3) is 9.57. The first-order chi connectivity index (χ1) is 11.7. The summed E-state index contributed by atoms with van der Waals surface area (Å²) in [5.41, 5.74) is 1.27. The van der Waals surface area contributed by atoms with Crippen molar-refractivity contribution in [3.8, 4) is 0 Å². The summed E-state index contributed by atoms with van der Waals surface area (Å²) in [6.07, 6.45) is 7.33. The molecule has 0 radical (unpaired) electrons. The van der Waals surface area contributed by atoms with Crippen LogP contribution in [-0.4, -0.2) is 11.6 Å². The SMILES string of the molecule is CCCCCC(=O)c1ccc[c-]1C(=O)CCCCC.[Fe].[cH-]1[cH-][cH-][cH-][cH-]1. The van der Waals surface area contributed by atoms with Crippen LogP contribution in [0.2, 0.25) is 0 Å². The third-order valence-electron chi connectivity index (χ3n) is 3.99. The fourth-order valence-electron chi connectivity index (χ4n) is 2.57. The Morgan fingerprint density at radius 2 is 1.40 bits per heavy atom. The summed E-state index contributed by atoms with van der Waals surface area (Å²) in [4.78, 5) is 24.2. The van der Waals surface area contributed by atoms with E-state index in [0.717, 1.165) is 38.5 Å². The summed E-state index contributed by atoms with van der Waals surface area (Å²) >= 11 is 0. The van der Waals surface area contributed by atoms with Gasteiger partial charge in [0.25, 0.3) is 0 Å². The van der Waals surface area contributed by atoms with Gasteiger partial charge < -0.3 is 39.9 Å². The zero-order valence-electron chi connectivity index (χ0n) is 15.4. The zero-order valence-corrected chi connectivity index (χ0v) is 16.5. The van der Waals surface area contributed by atoms with Gasteiger partial charge in [0.05, 0.1) is 5.78 Å². The van der Waals surface area contributed by atoms with Crippen LogP contribution >= 0.6 is 0 Å². The van der Waals surface area contributed by atoms with Crippen LogP contribution < -0.4 is 0 Å². The maximum absolute atomic E-state index is 12.1. The Morgan fingerprint density at radius 3 is 1.92 bits per heavy atom. The van der Waals surface area contributed by atoms with Gasteiger partial charge in [-0.15, -0.1) is 11.6 Å². The number of ketones is 2. The van der Waals surface area contributed by atoms with Crippen molar-refractivity contribution < 1.29 is 26.7 Å². The van der Waals surface area contributed by atoms with Gasteiger partial charge in [-0.1, -0.05) is 51.5 Å². The van der Waals surface area contributed by atoms with Crippen LogP contribution in [-0.2, 0) is 17.1 Å². The molecule has 0 unspecified atom stereocenters. The summed E-state index contributed by atoms with van der Waals surface area (Å²) in [6.45, 7) is 4.24. The number of carbonyl (C=O) groups excluding carboxylic acids is 2. The van der Waals surface area contributed by atoms with Crippen molar-refractivity contribution >= 4 is 11.6 Å². The van der Waals surface area contributed by atoms with Crippen molar-refractivity contribution in [1.29, 1.82) is 0 Å². The van der Waals surface area contributed by atoms with Crippen molar-refractivity contribution in [2.24, 2.45) is 0 Å². The molecule has 2 rings (SSSR count).